The predicted octanol–water partition coefficient (Wildman–Crippen LogP) is 3.25. The number of rotatable bonds is 0. The second-order valence-corrected chi connectivity index (χ2v) is 8.27. The van der Waals surface area contributed by atoms with Crippen LogP contribution in [0.15, 0.2) is 36.4 Å². The highest BCUT2D eigenvalue weighted by Gasteiger charge is 2.34. The molecule has 0 aromatic heterocycles. The molecule has 2 aliphatic heterocycles. The Morgan fingerprint density at radius 3 is 1.59 bits per heavy atom. The number of hydrogen-bond acceptors (Lipinski definition) is 6. The van der Waals surface area contributed by atoms with Crippen LogP contribution in [-0.2, 0) is 0 Å². The van der Waals surface area contributed by atoms with E-state index in [4.69, 9.17) is 0 Å². The fourth-order valence-corrected chi connectivity index (χ4v) is 5.53. The van der Waals surface area contributed by atoms with Crippen molar-refractivity contribution in [2.75, 3.05) is 0 Å². The van der Waals surface area contributed by atoms with Crippen molar-refractivity contribution < 1.29 is 19.2 Å². The minimum atomic E-state index is -0.729. The topological polar surface area (TPSA) is 140 Å². The summed E-state index contributed by atoms with van der Waals surface area (Å²) in [6.07, 6.45) is 0. The summed E-state index contributed by atoms with van der Waals surface area (Å²) in [4.78, 5) is 50.6. The molecular formula is C26H8N4O4. The molecule has 8 nitrogen and oxygen atoms in total. The maximum absolute atomic E-state index is 12.8. The van der Waals surface area contributed by atoms with Crippen LogP contribution in [0.4, 0.5) is 0 Å². The highest BCUT2D eigenvalue weighted by Crippen LogP contribution is 2.47. The Hall–Kier alpha value is -5.34. The van der Waals surface area contributed by atoms with E-state index in [1.807, 2.05) is 6.07 Å². The maximum atomic E-state index is 12.8. The van der Waals surface area contributed by atoms with E-state index in [0.717, 1.165) is 0 Å². The molecule has 34 heavy (non-hydrogen) atoms. The molecule has 0 unspecified atom stereocenters. The molecule has 2 aliphatic rings. The van der Waals surface area contributed by atoms with Crippen LogP contribution in [0.2, 0.25) is 0 Å². The quantitative estimate of drug-likeness (QED) is 0.215. The summed E-state index contributed by atoms with van der Waals surface area (Å²) in [5, 5.41) is 28.9. The van der Waals surface area contributed by atoms with Crippen molar-refractivity contribution in [2.45, 2.75) is 0 Å². The molecule has 5 aromatic carbocycles. The van der Waals surface area contributed by atoms with E-state index in [9.17, 15) is 29.7 Å². The van der Waals surface area contributed by atoms with Crippen molar-refractivity contribution in [2.24, 2.45) is 0 Å². The number of amides is 4. The van der Waals surface area contributed by atoms with Gasteiger partial charge < -0.3 is 0 Å². The van der Waals surface area contributed by atoms with E-state index in [2.05, 4.69) is 16.7 Å². The lowest BCUT2D eigenvalue weighted by Crippen LogP contribution is -2.35. The molecule has 8 heteroatoms. The van der Waals surface area contributed by atoms with Gasteiger partial charge in [0.1, 0.15) is 12.1 Å². The van der Waals surface area contributed by atoms with Gasteiger partial charge in [0.05, 0.1) is 16.7 Å². The Morgan fingerprint density at radius 1 is 0.500 bits per heavy atom. The average Bonchev–Trinajstić information content (AvgIpc) is 2.83. The van der Waals surface area contributed by atoms with Crippen LogP contribution in [0.5, 0.6) is 0 Å². The van der Waals surface area contributed by atoms with Gasteiger partial charge in [-0.05, 0) is 39.7 Å². The van der Waals surface area contributed by atoms with Crippen molar-refractivity contribution in [3.8, 4) is 12.1 Å². The molecule has 0 saturated carbocycles. The zero-order valence-electron chi connectivity index (χ0n) is 17.0. The van der Waals surface area contributed by atoms with Crippen molar-refractivity contribution >= 4 is 66.7 Å². The van der Waals surface area contributed by atoms with Gasteiger partial charge in [0.25, 0.3) is 23.6 Å². The minimum Gasteiger partial charge on any atom is -0.288 e. The van der Waals surface area contributed by atoms with E-state index < -0.39 is 23.6 Å². The van der Waals surface area contributed by atoms with Crippen LogP contribution in [0, 0.1) is 22.7 Å². The van der Waals surface area contributed by atoms with Gasteiger partial charge in [0.2, 0.25) is 0 Å². The summed E-state index contributed by atoms with van der Waals surface area (Å²) in [7, 11) is 0. The van der Waals surface area contributed by atoms with E-state index in [-0.39, 0.29) is 22.3 Å². The fourth-order valence-electron chi connectivity index (χ4n) is 5.53. The van der Waals surface area contributed by atoms with Gasteiger partial charge in [-0.1, -0.05) is 18.2 Å². The van der Waals surface area contributed by atoms with E-state index in [1.54, 1.807) is 36.4 Å². The van der Waals surface area contributed by atoms with E-state index >= 15 is 0 Å². The van der Waals surface area contributed by atoms with E-state index in [1.165, 1.54) is 0 Å². The molecule has 156 valence electrons. The van der Waals surface area contributed by atoms with Gasteiger partial charge in [-0.25, -0.2) is 0 Å². The van der Waals surface area contributed by atoms with Crippen LogP contribution in [0.1, 0.15) is 52.6 Å². The van der Waals surface area contributed by atoms with Crippen molar-refractivity contribution in [3.63, 3.8) is 0 Å². The number of carbonyl (C=O) groups excluding carboxylic acids is 4. The highest BCUT2D eigenvalue weighted by atomic mass is 16.2. The molecule has 0 saturated heterocycles. The molecular weight excluding hydrogens is 432 g/mol. The molecule has 0 spiro atoms. The zero-order valence-corrected chi connectivity index (χ0v) is 17.0. The number of fused-ring (bicyclic) bond motifs is 2. The van der Waals surface area contributed by atoms with E-state index in [0.29, 0.717) is 54.2 Å². The largest absolute Gasteiger partial charge is 0.288 e. The first kappa shape index (κ1) is 18.3. The van der Waals surface area contributed by atoms with Crippen LogP contribution in [-0.4, -0.2) is 23.6 Å². The minimum absolute atomic E-state index is 0.00199. The number of carbonyl (C=O) groups is 4. The normalized spacial score (nSPS) is 14.5. The molecule has 2 heterocycles. The first-order valence-corrected chi connectivity index (χ1v) is 10.2. The lowest BCUT2D eigenvalue weighted by molar-refractivity contribution is 0.0828. The van der Waals surface area contributed by atoms with Crippen LogP contribution in [0.25, 0.3) is 43.1 Å². The van der Waals surface area contributed by atoms with Gasteiger partial charge in [-0.3, -0.25) is 29.8 Å². The Labute approximate surface area is 189 Å². The molecule has 7 rings (SSSR count). The molecule has 4 amide bonds. The molecule has 0 atom stereocenters. The summed E-state index contributed by atoms with van der Waals surface area (Å²) in [6.45, 7) is 0. The zero-order chi connectivity index (χ0) is 23.5. The van der Waals surface area contributed by atoms with Crippen molar-refractivity contribution in [1.29, 1.82) is 10.5 Å². The lowest BCUT2D eigenvalue weighted by atomic mass is 9.79. The Balaban J connectivity index is 1.90. The second-order valence-electron chi connectivity index (χ2n) is 8.27. The molecule has 5 aromatic rings. The highest BCUT2D eigenvalue weighted by molar-refractivity contribution is 6.42. The Morgan fingerprint density at radius 2 is 1.00 bits per heavy atom. The Bertz CT molecular complexity index is 1990. The first-order valence-electron chi connectivity index (χ1n) is 10.2. The SMILES string of the molecule is N#Cc1c2c3c(ccc4c5ccc6c7c(ccc(c(c1C#N)c34)c75)C(=O)NC6=O)C(=O)NC2=O. The van der Waals surface area contributed by atoms with Crippen molar-refractivity contribution in [3.05, 3.63) is 69.8 Å². The maximum Gasteiger partial charge on any atom is 0.260 e. The number of hydrogen-bond donors (Lipinski definition) is 2. The summed E-state index contributed by atoms with van der Waals surface area (Å²) < 4.78 is 0. The summed E-state index contributed by atoms with van der Waals surface area (Å²) in [5.74, 6) is -2.34. The van der Waals surface area contributed by atoms with Gasteiger partial charge in [0, 0.05) is 38.2 Å². The standard InChI is InChI=1S/C26H8N4O4/c27-7-15-16(8-28)22-21-14(25(33)30-26(22)34)5-2-10-9-1-4-12-19-13(24(32)29-23(12)31)6-3-11(17(9)19)18(15)20(10)21/h1-6H,(H,29,31,32)(H,30,33,34). The van der Waals surface area contributed by atoms with Crippen LogP contribution in [0.3, 0.4) is 0 Å². The number of nitrogens with one attached hydrogen (secondary N) is 2. The Kier molecular flexibility index (Phi) is 3.07. The smallest absolute Gasteiger partial charge is 0.260 e. The van der Waals surface area contributed by atoms with Gasteiger partial charge in [-0.2, -0.15) is 10.5 Å². The molecule has 0 fully saturated rings. The molecule has 0 bridgehead atoms. The summed E-state index contributed by atoms with van der Waals surface area (Å²) >= 11 is 0. The van der Waals surface area contributed by atoms with Gasteiger partial charge in [0.15, 0.2) is 0 Å². The second kappa shape index (κ2) is 5.71. The van der Waals surface area contributed by atoms with Crippen molar-refractivity contribution in [1.82, 2.24) is 10.6 Å². The van der Waals surface area contributed by atoms with Gasteiger partial charge in [-0.15, -0.1) is 0 Å². The number of nitriles is 2. The third kappa shape index (κ3) is 1.84. The number of benzene rings is 5. The molecule has 2 N–H and O–H groups in total. The average molecular weight is 440 g/mol. The molecule has 0 aliphatic carbocycles. The predicted molar refractivity (Wildman–Crippen MR) is 121 cm³/mol. The summed E-state index contributed by atoms with van der Waals surface area (Å²) in [5.41, 5.74) is 0.782. The third-order valence-corrected chi connectivity index (χ3v) is 6.81. The first-order chi connectivity index (χ1) is 16.5. The monoisotopic (exact) mass is 440 g/mol. The van der Waals surface area contributed by atoms with Gasteiger partial charge >= 0.3 is 0 Å². The number of nitrogens with zero attached hydrogens (tertiary/aromatic N) is 2. The molecule has 0 radical (unpaired) electrons. The third-order valence-electron chi connectivity index (χ3n) is 6.81. The van der Waals surface area contributed by atoms with Crippen LogP contribution >= 0.6 is 0 Å². The summed E-state index contributed by atoms with van der Waals surface area (Å²) in [6, 6.07) is 14.0. The van der Waals surface area contributed by atoms with Crippen LogP contribution < -0.4 is 10.6 Å². The lowest BCUT2D eigenvalue weighted by Gasteiger charge is -2.24. The fraction of sp³-hybridized carbons (Fsp3) is 0. The number of imide groups is 2.